The molecule has 2 fully saturated rings. The predicted octanol–water partition coefficient (Wildman–Crippen LogP) is 2.59. The Bertz CT molecular complexity index is 514. The molecule has 88 valence electrons. The van der Waals surface area contributed by atoms with Crippen molar-refractivity contribution in [2.24, 2.45) is 17.3 Å². The fraction of sp³-hybridized carbons (Fsp3) is 0.385. The summed E-state index contributed by atoms with van der Waals surface area (Å²) in [5, 5.41) is 0. The van der Waals surface area contributed by atoms with Crippen molar-refractivity contribution in [1.82, 2.24) is 0 Å². The van der Waals surface area contributed by atoms with Gasteiger partial charge in [-0.3, -0.25) is 9.59 Å². The van der Waals surface area contributed by atoms with Gasteiger partial charge in [0.15, 0.2) is 0 Å². The van der Waals surface area contributed by atoms with Gasteiger partial charge in [0.25, 0.3) is 0 Å². The molecule has 0 radical (unpaired) electrons. The van der Waals surface area contributed by atoms with E-state index >= 15 is 0 Å². The molecule has 2 aliphatic rings. The van der Waals surface area contributed by atoms with Gasteiger partial charge >= 0.3 is 0 Å². The molecule has 0 spiro atoms. The first-order chi connectivity index (χ1) is 7.96. The number of para-hydroxylation sites is 1. The van der Waals surface area contributed by atoms with Crippen molar-refractivity contribution in [2.75, 3.05) is 4.90 Å². The van der Waals surface area contributed by atoms with Crippen molar-refractivity contribution in [3.05, 3.63) is 28.7 Å². The Morgan fingerprint density at radius 2 is 1.65 bits per heavy atom. The van der Waals surface area contributed by atoms with E-state index in [-0.39, 0.29) is 29.1 Å². The van der Waals surface area contributed by atoms with Crippen LogP contribution >= 0.6 is 15.9 Å². The van der Waals surface area contributed by atoms with Crippen molar-refractivity contribution in [2.45, 2.75) is 13.8 Å². The molecular weight excluding hydrogens is 282 g/mol. The largest absolute Gasteiger partial charge is 0.274 e. The lowest BCUT2D eigenvalue weighted by Gasteiger charge is -2.21. The van der Waals surface area contributed by atoms with Crippen molar-refractivity contribution < 1.29 is 9.59 Å². The number of carbonyl (C=O) groups excluding carboxylic acids is 2. The van der Waals surface area contributed by atoms with E-state index in [1.165, 1.54) is 4.90 Å². The van der Waals surface area contributed by atoms with E-state index in [2.05, 4.69) is 15.9 Å². The molecule has 1 aromatic carbocycles. The number of amides is 2. The smallest absolute Gasteiger partial charge is 0.238 e. The number of fused-ring (bicyclic) bond motifs is 1. The lowest BCUT2D eigenvalue weighted by molar-refractivity contribution is -0.125. The number of carbonyl (C=O) groups is 2. The highest BCUT2D eigenvalue weighted by Gasteiger charge is 2.72. The number of benzene rings is 1. The van der Waals surface area contributed by atoms with E-state index < -0.39 is 0 Å². The molecule has 2 atom stereocenters. The molecular formula is C13H12BrNO2. The van der Waals surface area contributed by atoms with Gasteiger partial charge in [0.2, 0.25) is 11.8 Å². The Balaban J connectivity index is 2.02. The third-order valence-electron chi connectivity index (χ3n) is 3.89. The van der Waals surface area contributed by atoms with Gasteiger partial charge in [0.1, 0.15) is 0 Å². The third-order valence-corrected chi connectivity index (χ3v) is 4.56. The number of nitrogens with zero attached hydrogens (tertiary/aromatic N) is 1. The first kappa shape index (κ1) is 11.0. The first-order valence-corrected chi connectivity index (χ1v) is 6.38. The fourth-order valence-corrected chi connectivity index (χ4v) is 3.28. The Labute approximate surface area is 108 Å². The summed E-state index contributed by atoms with van der Waals surface area (Å²) in [6.45, 7) is 3.96. The summed E-state index contributed by atoms with van der Waals surface area (Å²) in [6, 6.07) is 7.32. The average Bonchev–Trinajstić information content (AvgIpc) is 2.72. The monoisotopic (exact) mass is 293 g/mol. The zero-order chi connectivity index (χ0) is 12.4. The summed E-state index contributed by atoms with van der Waals surface area (Å²) in [5.41, 5.74) is 0.511. The molecule has 1 aliphatic carbocycles. The summed E-state index contributed by atoms with van der Waals surface area (Å²) >= 11 is 3.38. The van der Waals surface area contributed by atoms with Gasteiger partial charge in [-0.1, -0.05) is 26.0 Å². The molecule has 1 saturated carbocycles. The quantitative estimate of drug-likeness (QED) is 0.747. The van der Waals surface area contributed by atoms with E-state index in [0.29, 0.717) is 5.69 Å². The van der Waals surface area contributed by atoms with Crippen LogP contribution in [0.2, 0.25) is 0 Å². The number of hydrogen-bond acceptors (Lipinski definition) is 2. The minimum Gasteiger partial charge on any atom is -0.274 e. The summed E-state index contributed by atoms with van der Waals surface area (Å²) in [5.74, 6) is -0.363. The number of imide groups is 1. The highest BCUT2D eigenvalue weighted by Crippen LogP contribution is 2.63. The molecule has 3 nitrogen and oxygen atoms in total. The second-order valence-corrected chi connectivity index (χ2v) is 6.09. The van der Waals surface area contributed by atoms with Gasteiger partial charge in [-0.15, -0.1) is 0 Å². The van der Waals surface area contributed by atoms with Crippen LogP contribution in [0, 0.1) is 17.3 Å². The summed E-state index contributed by atoms with van der Waals surface area (Å²) in [7, 11) is 0. The maximum Gasteiger partial charge on any atom is 0.238 e. The normalized spacial score (nSPS) is 29.5. The fourth-order valence-electron chi connectivity index (χ4n) is 2.82. The van der Waals surface area contributed by atoms with Crippen LogP contribution in [0.3, 0.4) is 0 Å². The zero-order valence-electron chi connectivity index (χ0n) is 9.61. The lowest BCUT2D eigenvalue weighted by atomic mass is 10.1. The average molecular weight is 294 g/mol. The molecule has 2 unspecified atom stereocenters. The molecule has 1 saturated heterocycles. The van der Waals surface area contributed by atoms with Crippen molar-refractivity contribution >= 4 is 33.4 Å². The Kier molecular flexibility index (Phi) is 2.06. The van der Waals surface area contributed by atoms with Gasteiger partial charge < -0.3 is 0 Å². The predicted molar refractivity (Wildman–Crippen MR) is 67.4 cm³/mol. The molecule has 2 amide bonds. The van der Waals surface area contributed by atoms with E-state index in [4.69, 9.17) is 0 Å². The molecule has 4 heteroatoms. The molecule has 1 aliphatic heterocycles. The van der Waals surface area contributed by atoms with Crippen LogP contribution in [-0.4, -0.2) is 11.8 Å². The first-order valence-electron chi connectivity index (χ1n) is 5.58. The molecule has 0 aromatic heterocycles. The Morgan fingerprint density at radius 1 is 1.12 bits per heavy atom. The molecule has 0 N–H and O–H groups in total. The SMILES string of the molecule is CC1(C)C2C(=O)N(c3ccccc3Br)C(=O)C21. The van der Waals surface area contributed by atoms with Gasteiger partial charge in [-0.25, -0.2) is 4.90 Å². The highest BCUT2D eigenvalue weighted by molar-refractivity contribution is 9.10. The van der Waals surface area contributed by atoms with Crippen molar-refractivity contribution in [1.29, 1.82) is 0 Å². The van der Waals surface area contributed by atoms with Crippen LogP contribution in [0.4, 0.5) is 5.69 Å². The van der Waals surface area contributed by atoms with Gasteiger partial charge in [-0.2, -0.15) is 0 Å². The van der Waals surface area contributed by atoms with Gasteiger partial charge in [0, 0.05) is 4.47 Å². The topological polar surface area (TPSA) is 37.4 Å². The Morgan fingerprint density at radius 3 is 2.18 bits per heavy atom. The summed E-state index contributed by atoms with van der Waals surface area (Å²) in [4.78, 5) is 25.7. The van der Waals surface area contributed by atoms with Crippen LogP contribution in [0.5, 0.6) is 0 Å². The number of hydrogen-bond donors (Lipinski definition) is 0. The zero-order valence-corrected chi connectivity index (χ0v) is 11.2. The molecule has 3 rings (SSSR count). The van der Waals surface area contributed by atoms with Crippen molar-refractivity contribution in [3.63, 3.8) is 0 Å². The van der Waals surface area contributed by atoms with Gasteiger partial charge in [-0.05, 0) is 33.5 Å². The maximum atomic E-state index is 12.2. The van der Waals surface area contributed by atoms with Gasteiger partial charge in [0.05, 0.1) is 17.5 Å². The standard InChI is InChI=1S/C13H12BrNO2/c1-13(2)9-10(13)12(17)15(11(9)16)8-6-4-3-5-7(8)14/h3-6,9-10H,1-2H3. The maximum absolute atomic E-state index is 12.2. The minimum absolute atomic E-state index is 0.0584. The third kappa shape index (κ3) is 1.27. The minimum atomic E-state index is -0.147. The molecule has 17 heavy (non-hydrogen) atoms. The van der Waals surface area contributed by atoms with E-state index in [9.17, 15) is 9.59 Å². The number of rotatable bonds is 1. The molecule has 0 bridgehead atoms. The second-order valence-electron chi connectivity index (χ2n) is 5.24. The highest BCUT2D eigenvalue weighted by atomic mass is 79.9. The van der Waals surface area contributed by atoms with Crippen LogP contribution in [0.25, 0.3) is 0 Å². The number of halogens is 1. The van der Waals surface area contributed by atoms with E-state index in [1.807, 2.05) is 32.0 Å². The second kappa shape index (κ2) is 3.19. The van der Waals surface area contributed by atoms with E-state index in [0.717, 1.165) is 4.47 Å². The van der Waals surface area contributed by atoms with Crippen molar-refractivity contribution in [3.8, 4) is 0 Å². The summed E-state index contributed by atoms with van der Waals surface area (Å²) < 4.78 is 0.779. The van der Waals surface area contributed by atoms with Crippen LogP contribution in [0.15, 0.2) is 28.7 Å². The molecule has 1 heterocycles. The number of anilines is 1. The van der Waals surface area contributed by atoms with E-state index in [1.54, 1.807) is 6.07 Å². The van der Waals surface area contributed by atoms with Crippen LogP contribution in [-0.2, 0) is 9.59 Å². The number of piperidine rings is 1. The van der Waals surface area contributed by atoms with Crippen LogP contribution < -0.4 is 4.90 Å². The Hall–Kier alpha value is -1.16. The molecule has 1 aromatic rings. The summed E-state index contributed by atoms with van der Waals surface area (Å²) in [6.07, 6.45) is 0. The lowest BCUT2D eigenvalue weighted by Crippen LogP contribution is -2.36. The van der Waals surface area contributed by atoms with Crippen LogP contribution in [0.1, 0.15) is 13.8 Å².